The lowest BCUT2D eigenvalue weighted by Gasteiger charge is -2.19. The van der Waals surface area contributed by atoms with Crippen LogP contribution < -0.4 is 10.1 Å². The number of nitrogens with zero attached hydrogens (tertiary/aromatic N) is 1. The van der Waals surface area contributed by atoms with Crippen molar-refractivity contribution < 1.29 is 9.13 Å². The van der Waals surface area contributed by atoms with Gasteiger partial charge in [-0.25, -0.2) is 4.39 Å². The minimum absolute atomic E-state index is 0.174. The Morgan fingerprint density at radius 1 is 1.35 bits per heavy atom. The van der Waals surface area contributed by atoms with Gasteiger partial charge in [0.15, 0.2) is 11.6 Å². The number of halogens is 3. The summed E-state index contributed by atoms with van der Waals surface area (Å²) in [5.74, 6) is -0.269. The Morgan fingerprint density at radius 2 is 2.10 bits per heavy atom. The van der Waals surface area contributed by atoms with Crippen molar-refractivity contribution >= 4 is 23.2 Å². The molecule has 6 heteroatoms. The van der Waals surface area contributed by atoms with Crippen LogP contribution in [-0.2, 0) is 0 Å². The van der Waals surface area contributed by atoms with Crippen molar-refractivity contribution in [3.63, 3.8) is 0 Å². The molecule has 1 aromatic carbocycles. The third kappa shape index (κ3) is 2.87. The summed E-state index contributed by atoms with van der Waals surface area (Å²) in [7, 11) is 3.13. The van der Waals surface area contributed by atoms with Gasteiger partial charge in [0.2, 0.25) is 0 Å². The van der Waals surface area contributed by atoms with Crippen LogP contribution in [0.15, 0.2) is 30.5 Å². The van der Waals surface area contributed by atoms with Crippen LogP contribution in [-0.4, -0.2) is 19.1 Å². The van der Waals surface area contributed by atoms with Gasteiger partial charge >= 0.3 is 0 Å². The van der Waals surface area contributed by atoms with Gasteiger partial charge in [0.1, 0.15) is 0 Å². The van der Waals surface area contributed by atoms with Crippen LogP contribution in [0.2, 0.25) is 10.0 Å². The first-order valence-corrected chi connectivity index (χ1v) is 6.64. The van der Waals surface area contributed by atoms with Gasteiger partial charge in [-0.1, -0.05) is 35.3 Å². The summed E-state index contributed by atoms with van der Waals surface area (Å²) in [6, 6.07) is 6.02. The molecule has 0 aliphatic heterocycles. The van der Waals surface area contributed by atoms with Gasteiger partial charge in [0, 0.05) is 11.8 Å². The molecule has 3 nitrogen and oxygen atoms in total. The molecule has 1 heterocycles. The molecule has 0 aliphatic carbocycles. The van der Waals surface area contributed by atoms with E-state index in [0.717, 1.165) is 0 Å². The zero-order valence-electron chi connectivity index (χ0n) is 11.0. The van der Waals surface area contributed by atoms with E-state index in [2.05, 4.69) is 10.3 Å². The van der Waals surface area contributed by atoms with Gasteiger partial charge in [-0.05, 0) is 19.2 Å². The van der Waals surface area contributed by atoms with Crippen molar-refractivity contribution in [3.8, 4) is 5.75 Å². The van der Waals surface area contributed by atoms with Crippen molar-refractivity contribution in [2.24, 2.45) is 0 Å². The molecule has 0 saturated carbocycles. The second-order valence-corrected chi connectivity index (χ2v) is 4.95. The Labute approximate surface area is 126 Å². The van der Waals surface area contributed by atoms with Crippen LogP contribution in [0.3, 0.4) is 0 Å². The predicted octanol–water partition coefficient (Wildman–Crippen LogP) is 3.84. The standard InChI is InChI=1S/C14H13Cl2FN2O/c1-18-13(14-10(16)6-8(15)7-19-14)9-4-3-5-11(20-2)12(9)17/h3-7,13,18H,1-2H3. The van der Waals surface area contributed by atoms with Crippen LogP contribution in [0.1, 0.15) is 17.3 Å². The molecule has 1 N–H and O–H groups in total. The van der Waals surface area contributed by atoms with E-state index in [1.807, 2.05) is 0 Å². The van der Waals surface area contributed by atoms with Crippen LogP contribution in [0.5, 0.6) is 5.75 Å². The lowest BCUT2D eigenvalue weighted by Crippen LogP contribution is -2.20. The number of benzene rings is 1. The average Bonchev–Trinajstić information content (AvgIpc) is 2.43. The molecule has 0 fully saturated rings. The molecule has 2 aromatic rings. The average molecular weight is 315 g/mol. The van der Waals surface area contributed by atoms with E-state index in [1.54, 1.807) is 31.3 Å². The van der Waals surface area contributed by atoms with Crippen LogP contribution in [0, 0.1) is 5.82 Å². The van der Waals surface area contributed by atoms with Crippen molar-refractivity contribution in [2.45, 2.75) is 6.04 Å². The number of aromatic nitrogens is 1. The van der Waals surface area contributed by atoms with E-state index in [9.17, 15) is 4.39 Å². The van der Waals surface area contributed by atoms with E-state index >= 15 is 0 Å². The highest BCUT2D eigenvalue weighted by atomic mass is 35.5. The highest BCUT2D eigenvalue weighted by molar-refractivity contribution is 6.34. The highest BCUT2D eigenvalue weighted by Gasteiger charge is 2.22. The molecule has 106 valence electrons. The molecule has 0 aliphatic rings. The summed E-state index contributed by atoms with van der Waals surface area (Å²) in [6.07, 6.45) is 1.48. The Kier molecular flexibility index (Phi) is 4.81. The Balaban J connectivity index is 2.52. The molecule has 0 radical (unpaired) electrons. The molecular weight excluding hydrogens is 302 g/mol. The smallest absolute Gasteiger partial charge is 0.170 e. The SMILES string of the molecule is CNC(c1cccc(OC)c1F)c1ncc(Cl)cc1Cl. The fourth-order valence-corrected chi connectivity index (χ4v) is 2.47. The molecule has 0 amide bonds. The molecule has 1 atom stereocenters. The summed E-state index contributed by atoms with van der Waals surface area (Å²) in [6.45, 7) is 0. The number of methoxy groups -OCH3 is 1. The number of ether oxygens (including phenoxy) is 1. The van der Waals surface area contributed by atoms with Gasteiger partial charge in [-0.3, -0.25) is 4.98 Å². The Hall–Kier alpha value is -1.36. The lowest BCUT2D eigenvalue weighted by molar-refractivity contribution is 0.382. The van der Waals surface area contributed by atoms with Crippen molar-refractivity contribution in [1.29, 1.82) is 0 Å². The second kappa shape index (κ2) is 6.39. The normalized spacial score (nSPS) is 12.2. The molecule has 1 aromatic heterocycles. The Morgan fingerprint density at radius 3 is 2.70 bits per heavy atom. The third-order valence-corrected chi connectivity index (χ3v) is 3.43. The zero-order valence-corrected chi connectivity index (χ0v) is 12.5. The van der Waals surface area contributed by atoms with E-state index in [4.69, 9.17) is 27.9 Å². The van der Waals surface area contributed by atoms with E-state index < -0.39 is 11.9 Å². The van der Waals surface area contributed by atoms with E-state index in [1.165, 1.54) is 13.3 Å². The molecule has 1 unspecified atom stereocenters. The summed E-state index contributed by atoms with van der Waals surface area (Å²) in [5, 5.41) is 3.81. The largest absolute Gasteiger partial charge is 0.494 e. The minimum atomic E-state index is -0.491. The molecule has 0 saturated heterocycles. The first-order chi connectivity index (χ1) is 9.58. The maximum atomic E-state index is 14.3. The summed E-state index contributed by atoms with van der Waals surface area (Å²) in [4.78, 5) is 4.19. The van der Waals surface area contributed by atoms with Gasteiger partial charge in [-0.15, -0.1) is 0 Å². The zero-order chi connectivity index (χ0) is 14.7. The van der Waals surface area contributed by atoms with Crippen LogP contribution in [0.4, 0.5) is 4.39 Å². The van der Waals surface area contributed by atoms with E-state index in [0.29, 0.717) is 21.3 Å². The predicted molar refractivity (Wildman–Crippen MR) is 78.1 cm³/mol. The highest BCUT2D eigenvalue weighted by Crippen LogP contribution is 2.32. The number of pyridine rings is 1. The summed E-state index contributed by atoms with van der Waals surface area (Å²) >= 11 is 12.0. The number of nitrogens with one attached hydrogen (secondary N) is 1. The van der Waals surface area contributed by atoms with Crippen molar-refractivity contribution in [3.05, 3.63) is 57.6 Å². The van der Waals surface area contributed by atoms with E-state index in [-0.39, 0.29) is 5.75 Å². The van der Waals surface area contributed by atoms with Crippen LogP contribution in [0.25, 0.3) is 0 Å². The minimum Gasteiger partial charge on any atom is -0.494 e. The van der Waals surface area contributed by atoms with Gasteiger partial charge in [-0.2, -0.15) is 0 Å². The fraction of sp³-hybridized carbons (Fsp3) is 0.214. The number of hydrogen-bond donors (Lipinski definition) is 1. The summed E-state index contributed by atoms with van der Waals surface area (Å²) in [5.41, 5.74) is 0.911. The maximum Gasteiger partial charge on any atom is 0.170 e. The molecule has 20 heavy (non-hydrogen) atoms. The lowest BCUT2D eigenvalue weighted by atomic mass is 10.0. The number of rotatable bonds is 4. The summed E-state index contributed by atoms with van der Waals surface area (Å²) < 4.78 is 19.3. The van der Waals surface area contributed by atoms with Gasteiger partial charge in [0.25, 0.3) is 0 Å². The fourth-order valence-electron chi connectivity index (χ4n) is 1.99. The van der Waals surface area contributed by atoms with Gasteiger partial charge in [0.05, 0.1) is 28.9 Å². The topological polar surface area (TPSA) is 34.1 Å². The van der Waals surface area contributed by atoms with Crippen LogP contribution >= 0.6 is 23.2 Å². The number of hydrogen-bond acceptors (Lipinski definition) is 3. The molecule has 0 spiro atoms. The second-order valence-electron chi connectivity index (χ2n) is 4.11. The van der Waals surface area contributed by atoms with Gasteiger partial charge < -0.3 is 10.1 Å². The first kappa shape index (κ1) is 15.0. The van der Waals surface area contributed by atoms with Crippen molar-refractivity contribution in [1.82, 2.24) is 10.3 Å². The monoisotopic (exact) mass is 314 g/mol. The third-order valence-electron chi connectivity index (χ3n) is 2.92. The molecule has 0 bridgehead atoms. The Bertz CT molecular complexity index is 622. The molecular formula is C14H13Cl2FN2O. The van der Waals surface area contributed by atoms with Crippen molar-refractivity contribution in [2.75, 3.05) is 14.2 Å². The maximum absolute atomic E-state index is 14.3. The first-order valence-electron chi connectivity index (χ1n) is 5.89. The molecule has 2 rings (SSSR count). The quantitative estimate of drug-likeness (QED) is 0.931.